The van der Waals surface area contributed by atoms with E-state index < -0.39 is 23.0 Å². The maximum Gasteiger partial charge on any atom is 0.291 e. The highest BCUT2D eigenvalue weighted by Crippen LogP contribution is 2.34. The topological polar surface area (TPSA) is 169 Å². The molecule has 2 aromatic heterocycles. The first kappa shape index (κ1) is 39.0. The SMILES string of the molecule is CCC(C=O)(CCN(C)C)CN1CCN(C(=O)c2ccc(NC(=O)c3ncc(-c4ccc(-c5c[nH]nc5/C(C=N)=C/N)c(F)c4F)n3C)cc2Cl)CC1. The number of benzene rings is 2. The van der Waals surface area contributed by atoms with E-state index in [0.29, 0.717) is 38.4 Å². The summed E-state index contributed by atoms with van der Waals surface area (Å²) in [6, 6.07) is 7.31. The summed E-state index contributed by atoms with van der Waals surface area (Å²) in [5.41, 5.74) is 6.26. The van der Waals surface area contributed by atoms with Gasteiger partial charge in [0.15, 0.2) is 17.5 Å². The Kier molecular flexibility index (Phi) is 12.2. The molecule has 1 aliphatic heterocycles. The number of amides is 2. The molecule has 0 spiro atoms. The molecule has 53 heavy (non-hydrogen) atoms. The normalized spacial score (nSPS) is 15.0. The molecule has 1 unspecified atom stereocenters. The van der Waals surface area contributed by atoms with E-state index in [1.165, 1.54) is 42.2 Å². The number of imidazole rings is 1. The van der Waals surface area contributed by atoms with E-state index >= 15 is 8.78 Å². The van der Waals surface area contributed by atoms with Crippen LogP contribution in [0.5, 0.6) is 0 Å². The first-order valence-corrected chi connectivity index (χ1v) is 17.4. The Balaban J connectivity index is 1.24. The van der Waals surface area contributed by atoms with Crippen LogP contribution in [0.15, 0.2) is 48.9 Å². The number of nitrogens with one attached hydrogen (secondary N) is 3. The van der Waals surface area contributed by atoms with Crippen LogP contribution in [0.2, 0.25) is 5.02 Å². The minimum Gasteiger partial charge on any atom is -0.404 e. The molecule has 0 radical (unpaired) electrons. The second-order valence-corrected chi connectivity index (χ2v) is 13.7. The quantitative estimate of drug-likeness (QED) is 0.104. The third-order valence-corrected chi connectivity index (χ3v) is 10.1. The molecule has 280 valence electrons. The third-order valence-electron chi connectivity index (χ3n) is 9.75. The lowest BCUT2D eigenvalue weighted by Crippen LogP contribution is -2.52. The fourth-order valence-electron chi connectivity index (χ4n) is 6.41. The molecule has 0 bridgehead atoms. The fourth-order valence-corrected chi connectivity index (χ4v) is 6.67. The number of aromatic amines is 1. The van der Waals surface area contributed by atoms with Crippen LogP contribution in [0.25, 0.3) is 28.0 Å². The molecule has 13 nitrogen and oxygen atoms in total. The van der Waals surface area contributed by atoms with Crippen LogP contribution in [-0.4, -0.2) is 112 Å². The van der Waals surface area contributed by atoms with Crippen molar-refractivity contribution in [1.29, 1.82) is 5.41 Å². The molecule has 16 heteroatoms. The van der Waals surface area contributed by atoms with Gasteiger partial charge in [0.25, 0.3) is 11.8 Å². The number of piperazine rings is 1. The van der Waals surface area contributed by atoms with E-state index in [-0.39, 0.29) is 56.0 Å². The maximum atomic E-state index is 15.5. The van der Waals surface area contributed by atoms with Crippen molar-refractivity contribution in [1.82, 2.24) is 34.4 Å². The van der Waals surface area contributed by atoms with Gasteiger partial charge >= 0.3 is 0 Å². The van der Waals surface area contributed by atoms with Crippen LogP contribution in [0.3, 0.4) is 0 Å². The monoisotopic (exact) mass is 748 g/mol. The van der Waals surface area contributed by atoms with Crippen LogP contribution >= 0.6 is 11.6 Å². The Morgan fingerprint density at radius 2 is 1.81 bits per heavy atom. The Hall–Kier alpha value is -5.25. The summed E-state index contributed by atoms with van der Waals surface area (Å²) >= 11 is 6.55. The number of H-pyrrole nitrogens is 1. The number of aldehydes is 1. The molecule has 0 aliphatic carbocycles. The van der Waals surface area contributed by atoms with Gasteiger partial charge in [0.2, 0.25) is 0 Å². The van der Waals surface area contributed by atoms with E-state index in [0.717, 1.165) is 38.1 Å². The van der Waals surface area contributed by atoms with Gasteiger partial charge in [-0.3, -0.25) is 19.6 Å². The number of anilines is 1. The molecule has 1 fully saturated rings. The van der Waals surface area contributed by atoms with Gasteiger partial charge in [-0.05, 0) is 57.7 Å². The van der Waals surface area contributed by atoms with Crippen molar-refractivity contribution in [2.45, 2.75) is 19.8 Å². The Morgan fingerprint density at radius 3 is 2.43 bits per heavy atom. The highest BCUT2D eigenvalue weighted by Gasteiger charge is 2.33. The maximum absolute atomic E-state index is 15.5. The standard InChI is InChI=1S/C37H43ClF2N10O3/c1-5-37(22-51,10-11-47(2)3)21-49-12-14-50(15-13-49)36(53)26-7-6-24(16-29(26)38)45-35(52)34-43-20-30(48(34)4)27-9-8-25(31(39)32(27)40)28-19-44-46-33(28)23(17-41)18-42/h6-9,16-20,22,41H,5,10-15,21,42H2,1-4H3,(H,44,46)(H,45,52)/b23-18+,41-17?. The highest BCUT2D eigenvalue weighted by molar-refractivity contribution is 6.34. The summed E-state index contributed by atoms with van der Waals surface area (Å²) in [7, 11) is 5.48. The van der Waals surface area contributed by atoms with Gasteiger partial charge in [0.05, 0.1) is 22.5 Å². The summed E-state index contributed by atoms with van der Waals surface area (Å²) in [5.74, 6) is -3.27. The van der Waals surface area contributed by atoms with E-state index in [9.17, 15) is 14.4 Å². The first-order valence-electron chi connectivity index (χ1n) is 17.1. The summed E-state index contributed by atoms with van der Waals surface area (Å²) in [4.78, 5) is 49.0. The Morgan fingerprint density at radius 1 is 1.11 bits per heavy atom. The molecule has 4 aromatic rings. The predicted octanol–water partition coefficient (Wildman–Crippen LogP) is 4.92. The van der Waals surface area contributed by atoms with Crippen LogP contribution in [0, 0.1) is 22.5 Å². The molecular formula is C37H43ClF2N10O3. The highest BCUT2D eigenvalue weighted by atomic mass is 35.5. The van der Waals surface area contributed by atoms with Crippen molar-refractivity contribution in [3.8, 4) is 22.4 Å². The average Bonchev–Trinajstić information content (AvgIpc) is 3.79. The van der Waals surface area contributed by atoms with E-state index in [1.54, 1.807) is 17.0 Å². The third kappa shape index (κ3) is 8.22. The molecule has 1 aliphatic rings. The van der Waals surface area contributed by atoms with Crippen molar-refractivity contribution in [2.75, 3.05) is 58.7 Å². The Bertz CT molecular complexity index is 2040. The summed E-state index contributed by atoms with van der Waals surface area (Å²) in [5, 5.41) is 17.0. The van der Waals surface area contributed by atoms with Gasteiger partial charge in [-0.15, -0.1) is 0 Å². The van der Waals surface area contributed by atoms with Gasteiger partial charge < -0.3 is 35.6 Å². The van der Waals surface area contributed by atoms with Gasteiger partial charge in [0.1, 0.15) is 12.0 Å². The molecule has 1 atom stereocenters. The van der Waals surface area contributed by atoms with Gasteiger partial charge in [0, 0.05) is 91.7 Å². The number of nitrogens with two attached hydrogens (primary N) is 1. The Labute approximate surface area is 311 Å². The molecular weight excluding hydrogens is 706 g/mol. The lowest BCUT2D eigenvalue weighted by molar-refractivity contribution is -0.118. The number of rotatable bonds is 14. The second-order valence-electron chi connectivity index (χ2n) is 13.3. The smallest absolute Gasteiger partial charge is 0.291 e. The van der Waals surface area contributed by atoms with Crippen molar-refractivity contribution in [3.63, 3.8) is 0 Å². The minimum absolute atomic E-state index is 0.0813. The molecule has 1 saturated heterocycles. The zero-order chi connectivity index (χ0) is 38.4. The van der Waals surface area contributed by atoms with Crippen molar-refractivity contribution < 1.29 is 23.2 Å². The number of carbonyl (C=O) groups is 3. The van der Waals surface area contributed by atoms with Gasteiger partial charge in [-0.1, -0.05) is 24.6 Å². The predicted molar refractivity (Wildman–Crippen MR) is 201 cm³/mol. The van der Waals surface area contributed by atoms with Gasteiger partial charge in [-0.2, -0.15) is 5.10 Å². The number of carbonyl (C=O) groups excluding carboxylic acids is 3. The number of hydrogen-bond acceptors (Lipinski definition) is 9. The van der Waals surface area contributed by atoms with Crippen LogP contribution in [-0.2, 0) is 11.8 Å². The number of allylic oxidation sites excluding steroid dienone is 1. The van der Waals surface area contributed by atoms with Crippen molar-refractivity contribution >= 4 is 47.2 Å². The summed E-state index contributed by atoms with van der Waals surface area (Å²) in [6.45, 7) is 5.72. The summed E-state index contributed by atoms with van der Waals surface area (Å²) < 4.78 is 32.3. The fraction of sp³-hybridized carbons (Fsp3) is 0.351. The van der Waals surface area contributed by atoms with Crippen molar-refractivity contribution in [2.24, 2.45) is 18.2 Å². The van der Waals surface area contributed by atoms with E-state index in [2.05, 4.69) is 30.3 Å². The molecule has 0 saturated carbocycles. The van der Waals surface area contributed by atoms with Crippen LogP contribution in [0.1, 0.15) is 46.4 Å². The molecule has 5 N–H and O–H groups in total. The lowest BCUT2D eigenvalue weighted by Gasteiger charge is -2.39. The second kappa shape index (κ2) is 16.6. The van der Waals surface area contributed by atoms with Crippen LogP contribution < -0.4 is 11.1 Å². The van der Waals surface area contributed by atoms with Gasteiger partial charge in [-0.25, -0.2) is 13.8 Å². The average molecular weight is 749 g/mol. The minimum atomic E-state index is -1.17. The zero-order valence-electron chi connectivity index (χ0n) is 30.0. The molecule has 5 rings (SSSR count). The first-order chi connectivity index (χ1) is 25.4. The number of halogens is 3. The zero-order valence-corrected chi connectivity index (χ0v) is 30.8. The number of hydrogen-bond donors (Lipinski definition) is 4. The summed E-state index contributed by atoms with van der Waals surface area (Å²) in [6.07, 6.45) is 7.33. The number of nitrogens with zero attached hydrogens (tertiary/aromatic N) is 6. The largest absolute Gasteiger partial charge is 0.404 e. The van der Waals surface area contributed by atoms with E-state index in [1.807, 2.05) is 21.0 Å². The number of aromatic nitrogens is 4. The van der Waals surface area contributed by atoms with Crippen molar-refractivity contribution in [3.05, 3.63) is 82.7 Å². The molecule has 3 heterocycles. The molecule has 2 amide bonds. The lowest BCUT2D eigenvalue weighted by atomic mass is 9.82. The van der Waals surface area contributed by atoms with Crippen LogP contribution in [0.4, 0.5) is 14.5 Å². The molecule has 2 aromatic carbocycles. The van der Waals surface area contributed by atoms with E-state index in [4.69, 9.17) is 22.7 Å².